The number of aromatic carboxylic acids is 1. The van der Waals surface area contributed by atoms with E-state index in [1.165, 1.54) is 6.08 Å². The van der Waals surface area contributed by atoms with Crippen molar-refractivity contribution in [2.45, 2.75) is 13.1 Å². The third-order valence-electron chi connectivity index (χ3n) is 2.17. The summed E-state index contributed by atoms with van der Waals surface area (Å²) in [6, 6.07) is 0. The Balaban J connectivity index is 3.15. The van der Waals surface area contributed by atoms with Crippen LogP contribution in [0, 0.1) is 6.92 Å². The number of carboxylic acid groups (broad SMARTS) is 1. The average molecular weight is 309 g/mol. The molecule has 0 aliphatic rings. The van der Waals surface area contributed by atoms with E-state index in [0.29, 0.717) is 0 Å². The summed E-state index contributed by atoms with van der Waals surface area (Å²) >= 11 is 0.140. The molecule has 1 aromatic rings. The molecule has 0 aliphatic heterocycles. The maximum absolute atomic E-state index is 12.7. The van der Waals surface area contributed by atoms with Crippen LogP contribution < -0.4 is 5.32 Å². The zero-order valence-electron chi connectivity index (χ0n) is 10.2. The molecule has 110 valence electrons. The molecule has 0 saturated carbocycles. The van der Waals surface area contributed by atoms with E-state index in [4.69, 9.17) is 5.11 Å². The fourth-order valence-corrected chi connectivity index (χ4v) is 2.44. The second-order valence-corrected chi connectivity index (χ2v) is 4.60. The number of carboxylic acids is 1. The number of nitrogens with one attached hydrogen (secondary N) is 1. The Bertz CT molecular complexity index is 551. The van der Waals surface area contributed by atoms with Crippen LogP contribution in [0.15, 0.2) is 12.7 Å². The number of alkyl halides is 3. The standard InChI is InChI=1S/C11H10F3NO4S/c1-3-4-19-10(18)15-8-6(9(16)17)5(2)7(20-8)11(12,13)14/h3H,1,4H2,2H3,(H,15,18)(H,16,17). The molecule has 0 atom stereocenters. The zero-order valence-corrected chi connectivity index (χ0v) is 11.0. The smallest absolute Gasteiger partial charge is 0.425 e. The molecule has 0 aliphatic carbocycles. The van der Waals surface area contributed by atoms with Gasteiger partial charge in [-0.05, 0) is 12.5 Å². The SMILES string of the molecule is C=CCOC(=O)Nc1sc(C(F)(F)F)c(C)c1C(=O)O. The van der Waals surface area contributed by atoms with E-state index in [2.05, 4.69) is 11.3 Å². The average Bonchev–Trinajstić information content (AvgIpc) is 2.63. The second kappa shape index (κ2) is 5.95. The molecule has 9 heteroatoms. The highest BCUT2D eigenvalue weighted by Gasteiger charge is 2.38. The molecule has 20 heavy (non-hydrogen) atoms. The van der Waals surface area contributed by atoms with Crippen LogP contribution in [0.2, 0.25) is 0 Å². The summed E-state index contributed by atoms with van der Waals surface area (Å²) in [5.41, 5.74) is -1.05. The lowest BCUT2D eigenvalue weighted by atomic mass is 10.1. The third kappa shape index (κ3) is 3.50. The van der Waals surface area contributed by atoms with Gasteiger partial charge in [-0.1, -0.05) is 12.7 Å². The predicted octanol–water partition coefficient (Wildman–Crippen LogP) is 3.51. The van der Waals surface area contributed by atoms with Crippen LogP contribution in [0.5, 0.6) is 0 Å². The number of hydrogen-bond acceptors (Lipinski definition) is 4. The topological polar surface area (TPSA) is 75.6 Å². The van der Waals surface area contributed by atoms with Crippen molar-refractivity contribution >= 4 is 28.4 Å². The Kier molecular flexibility index (Phi) is 4.77. The maximum atomic E-state index is 12.7. The molecule has 1 rings (SSSR count). The Morgan fingerprint density at radius 3 is 2.55 bits per heavy atom. The molecule has 0 fully saturated rings. The van der Waals surface area contributed by atoms with Gasteiger partial charge >= 0.3 is 18.2 Å². The van der Waals surface area contributed by atoms with Crippen LogP contribution in [0.25, 0.3) is 0 Å². The van der Waals surface area contributed by atoms with Crippen LogP contribution in [-0.2, 0) is 10.9 Å². The van der Waals surface area contributed by atoms with E-state index in [-0.39, 0.29) is 17.9 Å². The number of anilines is 1. The van der Waals surface area contributed by atoms with Crippen molar-refractivity contribution in [3.63, 3.8) is 0 Å². The maximum Gasteiger partial charge on any atom is 0.425 e. The number of rotatable bonds is 4. The van der Waals surface area contributed by atoms with Crippen molar-refractivity contribution in [2.75, 3.05) is 11.9 Å². The minimum absolute atomic E-state index is 0.140. The summed E-state index contributed by atoms with van der Waals surface area (Å²) in [5, 5.41) is 10.5. The summed E-state index contributed by atoms with van der Waals surface area (Å²) in [6.45, 7) is 4.17. The first-order valence-corrected chi connectivity index (χ1v) is 5.98. The van der Waals surface area contributed by atoms with E-state index in [1.807, 2.05) is 5.32 Å². The normalized spacial score (nSPS) is 11.0. The Morgan fingerprint density at radius 1 is 1.50 bits per heavy atom. The number of ether oxygens (including phenoxy) is 1. The van der Waals surface area contributed by atoms with Gasteiger partial charge in [0.2, 0.25) is 0 Å². The number of halogens is 3. The van der Waals surface area contributed by atoms with Gasteiger partial charge in [-0.15, -0.1) is 11.3 Å². The van der Waals surface area contributed by atoms with E-state index in [0.717, 1.165) is 6.92 Å². The van der Waals surface area contributed by atoms with Gasteiger partial charge in [-0.2, -0.15) is 13.2 Å². The van der Waals surface area contributed by atoms with Crippen LogP contribution in [0.3, 0.4) is 0 Å². The van der Waals surface area contributed by atoms with Gasteiger partial charge in [-0.3, -0.25) is 5.32 Å². The molecular weight excluding hydrogens is 299 g/mol. The molecule has 0 radical (unpaired) electrons. The van der Waals surface area contributed by atoms with E-state index in [9.17, 15) is 22.8 Å². The van der Waals surface area contributed by atoms with Crippen LogP contribution in [0.4, 0.5) is 23.0 Å². The molecular formula is C11H10F3NO4S. The van der Waals surface area contributed by atoms with Gasteiger partial charge in [-0.25, -0.2) is 9.59 Å². The summed E-state index contributed by atoms with van der Waals surface area (Å²) in [5.74, 6) is -1.56. The summed E-state index contributed by atoms with van der Waals surface area (Å²) in [7, 11) is 0. The van der Waals surface area contributed by atoms with Crippen LogP contribution in [0.1, 0.15) is 20.8 Å². The number of carbonyl (C=O) groups is 2. The van der Waals surface area contributed by atoms with Crippen molar-refractivity contribution in [2.24, 2.45) is 0 Å². The van der Waals surface area contributed by atoms with Gasteiger partial charge in [0.15, 0.2) is 0 Å². The van der Waals surface area contributed by atoms with Crippen LogP contribution >= 0.6 is 11.3 Å². The first-order valence-electron chi connectivity index (χ1n) is 5.17. The van der Waals surface area contributed by atoms with Crippen LogP contribution in [-0.4, -0.2) is 23.8 Å². The van der Waals surface area contributed by atoms with E-state index >= 15 is 0 Å². The quantitative estimate of drug-likeness (QED) is 0.835. The fourth-order valence-electron chi connectivity index (χ4n) is 1.39. The molecule has 0 spiro atoms. The lowest BCUT2D eigenvalue weighted by Crippen LogP contribution is -2.15. The molecule has 1 aromatic heterocycles. The molecule has 1 heterocycles. The second-order valence-electron chi connectivity index (χ2n) is 3.58. The van der Waals surface area contributed by atoms with Crippen molar-refractivity contribution in [1.29, 1.82) is 0 Å². The van der Waals surface area contributed by atoms with Gasteiger partial charge in [0.1, 0.15) is 16.5 Å². The molecule has 0 aromatic carbocycles. The largest absolute Gasteiger partial charge is 0.478 e. The monoisotopic (exact) mass is 309 g/mol. The highest BCUT2D eigenvalue weighted by atomic mass is 32.1. The summed E-state index contributed by atoms with van der Waals surface area (Å²) in [6.07, 6.45) is -4.48. The lowest BCUT2D eigenvalue weighted by Gasteiger charge is -2.04. The molecule has 0 unspecified atom stereocenters. The third-order valence-corrected chi connectivity index (χ3v) is 3.42. The van der Waals surface area contributed by atoms with E-state index < -0.39 is 39.2 Å². The van der Waals surface area contributed by atoms with Crippen molar-refractivity contribution < 1.29 is 32.6 Å². The Morgan fingerprint density at radius 2 is 2.10 bits per heavy atom. The number of amides is 1. The molecule has 5 nitrogen and oxygen atoms in total. The molecule has 0 saturated heterocycles. The minimum Gasteiger partial charge on any atom is -0.478 e. The highest BCUT2D eigenvalue weighted by molar-refractivity contribution is 7.17. The van der Waals surface area contributed by atoms with Gasteiger partial charge in [0, 0.05) is 0 Å². The first-order chi connectivity index (χ1) is 9.18. The number of carbonyl (C=O) groups excluding carboxylic acids is 1. The Labute approximate surface area is 115 Å². The first kappa shape index (κ1) is 16.0. The summed E-state index contributed by atoms with van der Waals surface area (Å²) < 4.78 is 42.6. The summed E-state index contributed by atoms with van der Waals surface area (Å²) in [4.78, 5) is 21.2. The molecule has 1 amide bonds. The van der Waals surface area contributed by atoms with Crippen molar-refractivity contribution in [1.82, 2.24) is 0 Å². The number of thiophene rings is 1. The zero-order chi connectivity index (χ0) is 15.5. The fraction of sp³-hybridized carbons (Fsp3) is 0.273. The van der Waals surface area contributed by atoms with Gasteiger partial charge < -0.3 is 9.84 Å². The highest BCUT2D eigenvalue weighted by Crippen LogP contribution is 2.42. The molecule has 2 N–H and O–H groups in total. The lowest BCUT2D eigenvalue weighted by molar-refractivity contribution is -0.134. The number of hydrogen-bond donors (Lipinski definition) is 2. The van der Waals surface area contributed by atoms with Crippen molar-refractivity contribution in [3.8, 4) is 0 Å². The predicted molar refractivity (Wildman–Crippen MR) is 66.2 cm³/mol. The van der Waals surface area contributed by atoms with Crippen molar-refractivity contribution in [3.05, 3.63) is 28.7 Å². The van der Waals surface area contributed by atoms with Gasteiger partial charge in [0.05, 0.1) is 5.56 Å². The minimum atomic E-state index is -4.69. The molecule has 0 bridgehead atoms. The van der Waals surface area contributed by atoms with Gasteiger partial charge in [0.25, 0.3) is 0 Å². The van der Waals surface area contributed by atoms with E-state index in [1.54, 1.807) is 0 Å². The Hall–Kier alpha value is -2.03.